The molecule has 5 nitrogen and oxygen atoms in total. The number of amides is 1. The summed E-state index contributed by atoms with van der Waals surface area (Å²) in [6.45, 7) is 7.74. The van der Waals surface area contributed by atoms with E-state index in [9.17, 15) is 13.2 Å². The molecule has 0 aromatic heterocycles. The fourth-order valence-electron chi connectivity index (χ4n) is 2.35. The number of rotatable bonds is 7. The van der Waals surface area contributed by atoms with Crippen LogP contribution in [0.2, 0.25) is 0 Å². The van der Waals surface area contributed by atoms with Crippen LogP contribution in [0.25, 0.3) is 0 Å². The summed E-state index contributed by atoms with van der Waals surface area (Å²) in [5.41, 5.74) is 2.19. The number of nitrogens with one attached hydrogen (secondary N) is 2. The lowest BCUT2D eigenvalue weighted by atomic mass is 10.0. The van der Waals surface area contributed by atoms with Gasteiger partial charge in [0.1, 0.15) is 0 Å². The molecule has 2 aromatic rings. The topological polar surface area (TPSA) is 75.3 Å². The minimum atomic E-state index is -3.59. The van der Waals surface area contributed by atoms with Gasteiger partial charge in [-0.1, -0.05) is 38.1 Å². The van der Waals surface area contributed by atoms with Crippen LogP contribution in [-0.2, 0) is 10.0 Å². The fraction of sp³-hybridized carbons (Fsp3) is 0.211. The number of anilines is 1. The van der Waals surface area contributed by atoms with Crippen molar-refractivity contribution < 1.29 is 13.2 Å². The van der Waals surface area contributed by atoms with Gasteiger partial charge in [-0.2, -0.15) is 0 Å². The molecule has 0 fully saturated rings. The van der Waals surface area contributed by atoms with Gasteiger partial charge < -0.3 is 5.32 Å². The molecule has 6 heteroatoms. The summed E-state index contributed by atoms with van der Waals surface area (Å²) >= 11 is 0. The van der Waals surface area contributed by atoms with E-state index in [0.29, 0.717) is 5.56 Å². The standard InChI is InChI=1S/C19H22N2O3S/c1-4-13-20-25(23,24)16-11-9-15(10-12-16)19(22)21-18-8-6-5-7-17(18)14(2)3/h4-12,14,20H,1,13H2,2-3H3,(H,21,22). The van der Waals surface area contributed by atoms with Crippen molar-refractivity contribution >= 4 is 21.6 Å². The minimum Gasteiger partial charge on any atom is -0.322 e. The van der Waals surface area contributed by atoms with Crippen LogP contribution in [0.15, 0.2) is 66.1 Å². The Morgan fingerprint density at radius 1 is 1.12 bits per heavy atom. The summed E-state index contributed by atoms with van der Waals surface area (Å²) in [7, 11) is -3.59. The van der Waals surface area contributed by atoms with Crippen molar-refractivity contribution in [1.82, 2.24) is 4.72 Å². The molecule has 0 radical (unpaired) electrons. The second-order valence-electron chi connectivity index (χ2n) is 5.86. The average molecular weight is 358 g/mol. The third-order valence-corrected chi connectivity index (χ3v) is 5.11. The summed E-state index contributed by atoms with van der Waals surface area (Å²) in [5, 5.41) is 2.88. The van der Waals surface area contributed by atoms with E-state index in [2.05, 4.69) is 30.5 Å². The molecule has 1 amide bonds. The zero-order valence-electron chi connectivity index (χ0n) is 14.3. The Bertz CT molecular complexity index is 856. The number of sulfonamides is 1. The van der Waals surface area contributed by atoms with E-state index in [1.54, 1.807) is 0 Å². The monoisotopic (exact) mass is 358 g/mol. The Hall–Kier alpha value is -2.44. The molecule has 0 spiro atoms. The van der Waals surface area contributed by atoms with Crippen LogP contribution < -0.4 is 10.0 Å². The highest BCUT2D eigenvalue weighted by atomic mass is 32.2. The van der Waals surface area contributed by atoms with Crippen LogP contribution >= 0.6 is 0 Å². The van der Waals surface area contributed by atoms with E-state index in [1.165, 1.54) is 30.3 Å². The molecule has 2 rings (SSSR count). The lowest BCUT2D eigenvalue weighted by Gasteiger charge is -2.13. The first-order chi connectivity index (χ1) is 11.8. The van der Waals surface area contributed by atoms with Gasteiger partial charge in [-0.25, -0.2) is 13.1 Å². The first-order valence-corrected chi connectivity index (χ1v) is 9.44. The van der Waals surface area contributed by atoms with E-state index >= 15 is 0 Å². The molecule has 0 saturated carbocycles. The lowest BCUT2D eigenvalue weighted by molar-refractivity contribution is 0.102. The maximum Gasteiger partial charge on any atom is 0.255 e. The minimum absolute atomic E-state index is 0.105. The van der Waals surface area contributed by atoms with E-state index in [0.717, 1.165) is 11.3 Å². The van der Waals surface area contributed by atoms with E-state index in [1.807, 2.05) is 24.3 Å². The normalized spacial score (nSPS) is 11.3. The summed E-state index contributed by atoms with van der Waals surface area (Å²) in [5.74, 6) is -0.00366. The van der Waals surface area contributed by atoms with Crippen LogP contribution in [0, 0.1) is 0 Å². The van der Waals surface area contributed by atoms with Crippen molar-refractivity contribution in [1.29, 1.82) is 0 Å². The Kier molecular flexibility index (Phi) is 6.12. The highest BCUT2D eigenvalue weighted by Gasteiger charge is 2.15. The molecular weight excluding hydrogens is 336 g/mol. The van der Waals surface area contributed by atoms with Gasteiger partial charge in [0.05, 0.1) is 4.90 Å². The zero-order chi connectivity index (χ0) is 18.4. The predicted molar refractivity (Wildman–Crippen MR) is 100 cm³/mol. The van der Waals surface area contributed by atoms with Gasteiger partial charge in [-0.3, -0.25) is 4.79 Å². The second-order valence-corrected chi connectivity index (χ2v) is 7.63. The summed E-state index contributed by atoms with van der Waals surface area (Å²) < 4.78 is 26.4. The molecule has 0 unspecified atom stereocenters. The molecule has 0 aliphatic heterocycles. The quantitative estimate of drug-likeness (QED) is 0.744. The number of hydrogen-bond acceptors (Lipinski definition) is 3. The maximum absolute atomic E-state index is 12.4. The molecule has 2 N–H and O–H groups in total. The molecule has 25 heavy (non-hydrogen) atoms. The van der Waals surface area contributed by atoms with Crippen LogP contribution in [0.4, 0.5) is 5.69 Å². The van der Waals surface area contributed by atoms with Gasteiger partial charge >= 0.3 is 0 Å². The summed E-state index contributed by atoms with van der Waals surface area (Å²) in [6.07, 6.45) is 1.46. The zero-order valence-corrected chi connectivity index (χ0v) is 15.1. The van der Waals surface area contributed by atoms with Crippen molar-refractivity contribution in [3.8, 4) is 0 Å². The van der Waals surface area contributed by atoms with Gasteiger partial charge in [0, 0.05) is 17.8 Å². The molecule has 0 bridgehead atoms. The van der Waals surface area contributed by atoms with Gasteiger partial charge in [0.15, 0.2) is 0 Å². The van der Waals surface area contributed by atoms with E-state index < -0.39 is 10.0 Å². The molecular formula is C19H22N2O3S. The SMILES string of the molecule is C=CCNS(=O)(=O)c1ccc(C(=O)Nc2ccccc2C(C)C)cc1. The van der Waals surface area contributed by atoms with Crippen LogP contribution in [0.3, 0.4) is 0 Å². The Morgan fingerprint density at radius 3 is 2.36 bits per heavy atom. The highest BCUT2D eigenvalue weighted by molar-refractivity contribution is 7.89. The molecule has 0 heterocycles. The summed E-state index contributed by atoms with van der Waals surface area (Å²) in [4.78, 5) is 12.5. The number of para-hydroxylation sites is 1. The van der Waals surface area contributed by atoms with E-state index in [-0.39, 0.29) is 23.3 Å². The molecule has 132 valence electrons. The Morgan fingerprint density at radius 2 is 1.76 bits per heavy atom. The third kappa shape index (κ3) is 4.78. The summed E-state index contributed by atoms with van der Waals surface area (Å²) in [6, 6.07) is 13.4. The predicted octanol–water partition coefficient (Wildman–Crippen LogP) is 3.53. The number of carbonyl (C=O) groups is 1. The van der Waals surface area contributed by atoms with Crippen molar-refractivity contribution in [2.24, 2.45) is 0 Å². The van der Waals surface area contributed by atoms with Crippen LogP contribution in [0.5, 0.6) is 0 Å². The molecule has 2 aromatic carbocycles. The largest absolute Gasteiger partial charge is 0.322 e. The average Bonchev–Trinajstić information content (AvgIpc) is 2.60. The van der Waals surface area contributed by atoms with E-state index in [4.69, 9.17) is 0 Å². The van der Waals surface area contributed by atoms with Crippen LogP contribution in [-0.4, -0.2) is 20.9 Å². The number of carbonyl (C=O) groups excluding carboxylic acids is 1. The van der Waals surface area contributed by atoms with Crippen molar-refractivity contribution in [2.75, 3.05) is 11.9 Å². The van der Waals surface area contributed by atoms with Crippen molar-refractivity contribution in [3.63, 3.8) is 0 Å². The lowest BCUT2D eigenvalue weighted by Crippen LogP contribution is -2.23. The molecule has 0 saturated heterocycles. The molecule has 0 aliphatic carbocycles. The first kappa shape index (κ1) is 18.9. The molecule has 0 aliphatic rings. The Labute approximate surface area is 148 Å². The van der Waals surface area contributed by atoms with Gasteiger partial charge in [-0.15, -0.1) is 6.58 Å². The molecule has 0 atom stereocenters. The Balaban J connectivity index is 2.18. The maximum atomic E-state index is 12.4. The highest BCUT2D eigenvalue weighted by Crippen LogP contribution is 2.24. The number of benzene rings is 2. The van der Waals surface area contributed by atoms with Gasteiger partial charge in [0.2, 0.25) is 10.0 Å². The fourth-order valence-corrected chi connectivity index (χ4v) is 3.34. The van der Waals surface area contributed by atoms with Gasteiger partial charge in [0.25, 0.3) is 5.91 Å². The van der Waals surface area contributed by atoms with Crippen molar-refractivity contribution in [3.05, 3.63) is 72.3 Å². The second kappa shape index (κ2) is 8.09. The third-order valence-electron chi connectivity index (χ3n) is 3.68. The van der Waals surface area contributed by atoms with Gasteiger partial charge in [-0.05, 0) is 41.8 Å². The van der Waals surface area contributed by atoms with Crippen LogP contribution in [0.1, 0.15) is 35.7 Å². The smallest absolute Gasteiger partial charge is 0.255 e. The van der Waals surface area contributed by atoms with Crippen molar-refractivity contribution in [2.45, 2.75) is 24.7 Å². The number of hydrogen-bond donors (Lipinski definition) is 2. The first-order valence-electron chi connectivity index (χ1n) is 7.96.